The Morgan fingerprint density at radius 3 is 2.83 bits per heavy atom. The molecule has 1 aromatic carbocycles. The number of amides is 1. The maximum Gasteiger partial charge on any atom is 0.253 e. The number of hydrogen-bond donors (Lipinski definition) is 0. The van der Waals surface area contributed by atoms with Crippen molar-refractivity contribution in [2.45, 2.75) is 19.8 Å². The van der Waals surface area contributed by atoms with E-state index in [1.807, 2.05) is 24.9 Å². The van der Waals surface area contributed by atoms with Crippen LogP contribution in [0.3, 0.4) is 0 Å². The minimum absolute atomic E-state index is 0. The third kappa shape index (κ3) is 3.18. The first-order chi connectivity index (χ1) is 8.11. The standard InChI is InChI=1S/C14H18ClNO.ClH/c1-10-3-4-12-8-11(5-6-15)9-16(2)14(17)13(12)7-10;/h3-4,7,11H,5-6,8-9H2,1-2H3;1H. The van der Waals surface area contributed by atoms with Crippen LogP contribution in [0.5, 0.6) is 0 Å². The van der Waals surface area contributed by atoms with Gasteiger partial charge >= 0.3 is 0 Å². The van der Waals surface area contributed by atoms with Gasteiger partial charge in [-0.25, -0.2) is 0 Å². The molecule has 1 aliphatic heterocycles. The predicted octanol–water partition coefficient (Wildman–Crippen LogP) is 3.29. The Labute approximate surface area is 120 Å². The van der Waals surface area contributed by atoms with Crippen LogP contribution in [-0.2, 0) is 6.42 Å². The summed E-state index contributed by atoms with van der Waals surface area (Å²) < 4.78 is 0. The second-order valence-electron chi connectivity index (χ2n) is 4.89. The van der Waals surface area contributed by atoms with Crippen LogP contribution in [-0.4, -0.2) is 30.3 Å². The average Bonchev–Trinajstić information content (AvgIpc) is 2.40. The van der Waals surface area contributed by atoms with E-state index in [4.69, 9.17) is 11.6 Å². The van der Waals surface area contributed by atoms with E-state index in [9.17, 15) is 4.79 Å². The smallest absolute Gasteiger partial charge is 0.253 e. The minimum Gasteiger partial charge on any atom is -0.341 e. The van der Waals surface area contributed by atoms with Crippen molar-refractivity contribution in [1.82, 2.24) is 4.90 Å². The second kappa shape index (κ2) is 6.44. The van der Waals surface area contributed by atoms with Crippen molar-refractivity contribution in [1.29, 1.82) is 0 Å². The highest BCUT2D eigenvalue weighted by Gasteiger charge is 2.24. The number of aryl methyl sites for hydroxylation is 1. The zero-order valence-corrected chi connectivity index (χ0v) is 12.4. The van der Waals surface area contributed by atoms with Crippen LogP contribution >= 0.6 is 24.0 Å². The molecule has 1 heterocycles. The highest BCUT2D eigenvalue weighted by atomic mass is 35.5. The zero-order chi connectivity index (χ0) is 12.4. The van der Waals surface area contributed by atoms with E-state index < -0.39 is 0 Å². The van der Waals surface area contributed by atoms with Gasteiger partial charge in [-0.15, -0.1) is 24.0 Å². The summed E-state index contributed by atoms with van der Waals surface area (Å²) in [6.45, 7) is 2.83. The van der Waals surface area contributed by atoms with Gasteiger partial charge in [0.1, 0.15) is 0 Å². The molecule has 2 nitrogen and oxygen atoms in total. The second-order valence-corrected chi connectivity index (χ2v) is 5.27. The van der Waals surface area contributed by atoms with Crippen LogP contribution in [0.25, 0.3) is 0 Å². The van der Waals surface area contributed by atoms with Crippen molar-refractivity contribution in [3.63, 3.8) is 0 Å². The molecule has 1 unspecified atom stereocenters. The van der Waals surface area contributed by atoms with Crippen LogP contribution in [0.1, 0.15) is 27.9 Å². The molecule has 0 N–H and O–H groups in total. The number of carbonyl (C=O) groups excluding carboxylic acids is 1. The van der Waals surface area contributed by atoms with Gasteiger partial charge in [0, 0.05) is 25.0 Å². The lowest BCUT2D eigenvalue weighted by atomic mass is 9.94. The largest absolute Gasteiger partial charge is 0.341 e. The summed E-state index contributed by atoms with van der Waals surface area (Å²) in [4.78, 5) is 14.1. The fourth-order valence-electron chi connectivity index (χ4n) is 2.47. The predicted molar refractivity (Wildman–Crippen MR) is 77.9 cm³/mol. The third-order valence-electron chi connectivity index (χ3n) is 3.40. The Bertz CT molecular complexity index is 434. The molecule has 1 amide bonds. The summed E-state index contributed by atoms with van der Waals surface area (Å²) in [6.07, 6.45) is 1.92. The SMILES string of the molecule is Cc1ccc2c(c1)C(=O)N(C)CC(CCCl)C2.Cl. The number of nitrogens with zero attached hydrogens (tertiary/aromatic N) is 1. The summed E-state index contributed by atoms with van der Waals surface area (Å²) >= 11 is 5.82. The van der Waals surface area contributed by atoms with Crippen LogP contribution < -0.4 is 0 Å². The number of hydrogen-bond acceptors (Lipinski definition) is 1. The van der Waals surface area contributed by atoms with Crippen molar-refractivity contribution >= 4 is 29.9 Å². The third-order valence-corrected chi connectivity index (χ3v) is 3.62. The molecule has 18 heavy (non-hydrogen) atoms. The lowest BCUT2D eigenvalue weighted by molar-refractivity contribution is 0.0782. The molecular weight excluding hydrogens is 269 g/mol. The molecule has 1 atom stereocenters. The Morgan fingerprint density at radius 2 is 2.17 bits per heavy atom. The molecule has 1 aromatic rings. The van der Waals surface area contributed by atoms with Gasteiger partial charge in [0.05, 0.1) is 0 Å². The Kier molecular flexibility index (Phi) is 5.48. The van der Waals surface area contributed by atoms with E-state index in [0.29, 0.717) is 11.8 Å². The van der Waals surface area contributed by atoms with Gasteiger partial charge in [-0.05, 0) is 37.3 Å². The van der Waals surface area contributed by atoms with E-state index in [2.05, 4.69) is 12.1 Å². The fourth-order valence-corrected chi connectivity index (χ4v) is 2.78. The molecule has 0 aromatic heterocycles. The molecule has 4 heteroatoms. The summed E-state index contributed by atoms with van der Waals surface area (Å²) in [5.41, 5.74) is 3.17. The van der Waals surface area contributed by atoms with E-state index in [-0.39, 0.29) is 18.3 Å². The lowest BCUT2D eigenvalue weighted by Gasteiger charge is -2.19. The summed E-state index contributed by atoms with van der Waals surface area (Å²) in [5, 5.41) is 0. The van der Waals surface area contributed by atoms with Gasteiger partial charge in [0.25, 0.3) is 5.91 Å². The number of halogens is 2. The van der Waals surface area contributed by atoms with Crippen LogP contribution in [0.4, 0.5) is 0 Å². The van der Waals surface area contributed by atoms with E-state index in [0.717, 1.165) is 30.5 Å². The highest BCUT2D eigenvalue weighted by molar-refractivity contribution is 6.17. The van der Waals surface area contributed by atoms with Crippen molar-refractivity contribution in [3.05, 3.63) is 34.9 Å². The topological polar surface area (TPSA) is 20.3 Å². The van der Waals surface area contributed by atoms with Crippen LogP contribution in [0, 0.1) is 12.8 Å². The monoisotopic (exact) mass is 287 g/mol. The molecule has 0 radical (unpaired) electrons. The normalized spacial score (nSPS) is 18.9. The van der Waals surface area contributed by atoms with Crippen molar-refractivity contribution < 1.29 is 4.79 Å². The maximum absolute atomic E-state index is 12.2. The molecule has 0 aliphatic carbocycles. The average molecular weight is 288 g/mol. The van der Waals surface area contributed by atoms with Crippen molar-refractivity contribution in [2.75, 3.05) is 19.5 Å². The number of benzene rings is 1. The van der Waals surface area contributed by atoms with Crippen molar-refractivity contribution in [2.24, 2.45) is 5.92 Å². The maximum atomic E-state index is 12.2. The van der Waals surface area contributed by atoms with Crippen LogP contribution in [0.15, 0.2) is 18.2 Å². The fraction of sp³-hybridized carbons (Fsp3) is 0.500. The molecule has 0 bridgehead atoms. The molecular formula is C14H19Cl2NO. The molecule has 1 aliphatic rings. The zero-order valence-electron chi connectivity index (χ0n) is 10.8. The van der Waals surface area contributed by atoms with E-state index in [1.165, 1.54) is 5.56 Å². The summed E-state index contributed by atoms with van der Waals surface area (Å²) in [7, 11) is 1.88. The Morgan fingerprint density at radius 1 is 1.44 bits per heavy atom. The van der Waals surface area contributed by atoms with E-state index >= 15 is 0 Å². The number of rotatable bonds is 2. The summed E-state index contributed by atoms with van der Waals surface area (Å²) in [6, 6.07) is 6.16. The first-order valence-corrected chi connectivity index (χ1v) is 6.56. The Balaban J connectivity index is 0.00000162. The quantitative estimate of drug-likeness (QED) is 0.765. The minimum atomic E-state index is 0. The molecule has 0 spiro atoms. The molecule has 100 valence electrons. The lowest BCUT2D eigenvalue weighted by Crippen LogP contribution is -2.30. The highest BCUT2D eigenvalue weighted by Crippen LogP contribution is 2.24. The molecule has 0 fully saturated rings. The molecule has 0 saturated heterocycles. The first-order valence-electron chi connectivity index (χ1n) is 6.02. The number of fused-ring (bicyclic) bond motifs is 1. The Hall–Kier alpha value is -0.730. The van der Waals surface area contributed by atoms with Crippen molar-refractivity contribution in [3.8, 4) is 0 Å². The number of alkyl halides is 1. The van der Waals surface area contributed by atoms with E-state index in [1.54, 1.807) is 0 Å². The molecule has 2 rings (SSSR count). The van der Waals surface area contributed by atoms with Gasteiger partial charge < -0.3 is 4.90 Å². The van der Waals surface area contributed by atoms with Crippen LogP contribution in [0.2, 0.25) is 0 Å². The first kappa shape index (κ1) is 15.3. The summed E-state index contributed by atoms with van der Waals surface area (Å²) in [5.74, 6) is 1.28. The van der Waals surface area contributed by atoms with Gasteiger partial charge in [-0.2, -0.15) is 0 Å². The van der Waals surface area contributed by atoms with Gasteiger partial charge in [0.15, 0.2) is 0 Å². The van der Waals surface area contributed by atoms with Gasteiger partial charge in [0.2, 0.25) is 0 Å². The van der Waals surface area contributed by atoms with Gasteiger partial charge in [-0.1, -0.05) is 17.7 Å². The molecule has 0 saturated carbocycles. The number of carbonyl (C=O) groups is 1. The van der Waals surface area contributed by atoms with Gasteiger partial charge in [-0.3, -0.25) is 4.79 Å².